The first-order valence-electron chi connectivity index (χ1n) is 15.5. The van der Waals surface area contributed by atoms with Gasteiger partial charge in [0.2, 0.25) is 0 Å². The Morgan fingerprint density at radius 2 is 1.73 bits per heavy atom. The van der Waals surface area contributed by atoms with Crippen LogP contribution in [0.5, 0.6) is 0 Å². The summed E-state index contributed by atoms with van der Waals surface area (Å²) in [6.45, 7) is 4.17. The Morgan fingerprint density at radius 1 is 0.933 bits per heavy atom. The lowest BCUT2D eigenvalue weighted by Crippen LogP contribution is -2.44. The fourth-order valence-corrected chi connectivity index (χ4v) is 6.84. The molecule has 1 fully saturated rings. The predicted molar refractivity (Wildman–Crippen MR) is 171 cm³/mol. The van der Waals surface area contributed by atoms with Crippen LogP contribution in [0.3, 0.4) is 0 Å². The molecule has 0 radical (unpaired) electrons. The normalized spacial score (nSPS) is 16.9. The highest BCUT2D eigenvalue weighted by molar-refractivity contribution is 6.07. The van der Waals surface area contributed by atoms with E-state index in [0.29, 0.717) is 47.0 Å². The van der Waals surface area contributed by atoms with Crippen LogP contribution < -0.4 is 20.7 Å². The molecule has 2 aliphatic heterocycles. The van der Waals surface area contributed by atoms with Gasteiger partial charge in [-0.05, 0) is 80.3 Å². The molecule has 5 heterocycles. The molecule has 3 aliphatic rings. The summed E-state index contributed by atoms with van der Waals surface area (Å²) < 4.78 is 18.8. The summed E-state index contributed by atoms with van der Waals surface area (Å²) >= 11 is 0. The third-order valence-electron chi connectivity index (χ3n) is 9.29. The van der Waals surface area contributed by atoms with E-state index in [0.717, 1.165) is 57.7 Å². The Hall–Kier alpha value is -4.55. The summed E-state index contributed by atoms with van der Waals surface area (Å²) in [5.41, 5.74) is 4.63. The number of aryl methyl sites for hydroxylation is 2. The first-order valence-corrected chi connectivity index (χ1v) is 15.5. The number of nitrogens with one attached hydrogen (secondary N) is 1. The Labute approximate surface area is 260 Å². The van der Waals surface area contributed by atoms with Crippen molar-refractivity contribution in [2.45, 2.75) is 38.8 Å². The maximum atomic E-state index is 15.3. The van der Waals surface area contributed by atoms with Crippen LogP contribution in [0.15, 0.2) is 47.4 Å². The number of aromatic nitrogens is 4. The predicted octanol–water partition coefficient (Wildman–Crippen LogP) is 3.31. The number of benzene rings is 1. The third kappa shape index (κ3) is 5.38. The van der Waals surface area contributed by atoms with E-state index in [9.17, 15) is 14.7 Å². The van der Waals surface area contributed by atoms with Gasteiger partial charge in [0.15, 0.2) is 11.6 Å². The highest BCUT2D eigenvalue weighted by Gasteiger charge is 2.32. The highest BCUT2D eigenvalue weighted by atomic mass is 19.1. The minimum Gasteiger partial charge on any atom is -0.392 e. The molecule has 4 aromatic rings. The summed E-state index contributed by atoms with van der Waals surface area (Å²) in [6, 6.07) is 9.89. The summed E-state index contributed by atoms with van der Waals surface area (Å²) in [5.74, 6) is 0.422. The molecular formula is C33H37FN8O3. The number of fused-ring (bicyclic) bond motifs is 3. The lowest BCUT2D eigenvalue weighted by molar-refractivity contribution is 0.0964. The second kappa shape index (κ2) is 11.8. The fraction of sp³-hybridized carbons (Fsp3) is 0.394. The van der Waals surface area contributed by atoms with Gasteiger partial charge in [-0.1, -0.05) is 0 Å². The number of hydrogen-bond acceptors (Lipinski definition) is 8. The summed E-state index contributed by atoms with van der Waals surface area (Å²) in [5, 5.41) is 22.3. The number of pyridine rings is 1. The number of likely N-dealkylation sites (N-methyl/N-ethyl adjacent to an activating group) is 1. The number of aliphatic hydroxyl groups is 1. The molecule has 45 heavy (non-hydrogen) atoms. The van der Waals surface area contributed by atoms with Crippen LogP contribution in [0, 0.1) is 5.82 Å². The smallest absolute Gasteiger partial charge is 0.274 e. The van der Waals surface area contributed by atoms with Gasteiger partial charge in [0, 0.05) is 69.3 Å². The quantitative estimate of drug-likeness (QED) is 0.341. The molecule has 0 spiro atoms. The second-order valence-corrected chi connectivity index (χ2v) is 12.2. The molecule has 11 nitrogen and oxygen atoms in total. The SMILES string of the molecule is CN1CCN(c2ccc(Nc3cc(-c4cc(F)cc(N5CCn6c(cc7c6CCCC7)C5=O)c4CO)cn(C)c3=O)nn2)CC1. The molecule has 1 amide bonds. The maximum absolute atomic E-state index is 15.3. The standard InChI is InChI=1S/C33H37FN8O3/c1-38-9-11-40(12-10-38)31-8-7-30(36-37-31)35-26-15-22(19-39(2)32(26)44)24-17-23(34)18-28(25(24)20-43)42-14-13-41-27-6-4-3-5-21(27)16-29(41)33(42)45/h7-8,15-19,43H,3-6,9-14,20H2,1-2H3,(H,35,36). The molecule has 234 valence electrons. The Kier molecular flexibility index (Phi) is 7.62. The average molecular weight is 613 g/mol. The molecule has 0 unspecified atom stereocenters. The minimum absolute atomic E-state index is 0.205. The van der Waals surface area contributed by atoms with E-state index in [2.05, 4.69) is 36.9 Å². The molecule has 3 aromatic heterocycles. The van der Waals surface area contributed by atoms with Gasteiger partial charge in [-0.25, -0.2) is 4.39 Å². The van der Waals surface area contributed by atoms with Gasteiger partial charge >= 0.3 is 0 Å². The molecular weight excluding hydrogens is 575 g/mol. The van der Waals surface area contributed by atoms with Crippen molar-refractivity contribution in [3.8, 4) is 11.1 Å². The monoisotopic (exact) mass is 612 g/mol. The minimum atomic E-state index is -0.543. The van der Waals surface area contributed by atoms with Crippen LogP contribution in [0.1, 0.15) is 40.2 Å². The summed E-state index contributed by atoms with van der Waals surface area (Å²) in [7, 11) is 3.71. The van der Waals surface area contributed by atoms with E-state index in [1.54, 1.807) is 30.3 Å². The van der Waals surface area contributed by atoms with Crippen LogP contribution in [-0.2, 0) is 33.0 Å². The van der Waals surface area contributed by atoms with E-state index in [1.807, 2.05) is 12.1 Å². The van der Waals surface area contributed by atoms with Crippen molar-refractivity contribution in [2.24, 2.45) is 7.05 Å². The van der Waals surface area contributed by atoms with Crippen molar-refractivity contribution >= 4 is 28.9 Å². The van der Waals surface area contributed by atoms with E-state index in [1.165, 1.54) is 28.0 Å². The fourth-order valence-electron chi connectivity index (χ4n) is 6.84. The van der Waals surface area contributed by atoms with Gasteiger partial charge in [-0.15, -0.1) is 10.2 Å². The second-order valence-electron chi connectivity index (χ2n) is 12.2. The van der Waals surface area contributed by atoms with Gasteiger partial charge < -0.3 is 34.3 Å². The van der Waals surface area contributed by atoms with E-state index < -0.39 is 12.4 Å². The zero-order valence-corrected chi connectivity index (χ0v) is 25.6. The largest absolute Gasteiger partial charge is 0.392 e. The van der Waals surface area contributed by atoms with Crippen molar-refractivity contribution in [3.63, 3.8) is 0 Å². The van der Waals surface area contributed by atoms with Gasteiger partial charge in [0.1, 0.15) is 17.2 Å². The molecule has 2 N–H and O–H groups in total. The number of carbonyl (C=O) groups is 1. The van der Waals surface area contributed by atoms with Crippen LogP contribution in [0.25, 0.3) is 11.1 Å². The van der Waals surface area contributed by atoms with Gasteiger partial charge in [-0.2, -0.15) is 0 Å². The van der Waals surface area contributed by atoms with E-state index >= 15 is 4.39 Å². The van der Waals surface area contributed by atoms with E-state index in [-0.39, 0.29) is 17.2 Å². The first-order chi connectivity index (χ1) is 21.8. The Balaban J connectivity index is 1.20. The van der Waals surface area contributed by atoms with Crippen molar-refractivity contribution < 1.29 is 14.3 Å². The molecule has 1 aliphatic carbocycles. The topological polar surface area (TPSA) is 112 Å². The first kappa shape index (κ1) is 29.2. The van der Waals surface area contributed by atoms with E-state index in [4.69, 9.17) is 0 Å². The molecule has 0 atom stereocenters. The van der Waals surface area contributed by atoms with Crippen LogP contribution in [0.2, 0.25) is 0 Å². The number of aliphatic hydroxyl groups excluding tert-OH is 1. The Bertz CT molecular complexity index is 1830. The number of hydrogen-bond donors (Lipinski definition) is 2. The molecule has 1 aromatic carbocycles. The zero-order valence-electron chi connectivity index (χ0n) is 25.6. The molecule has 0 bridgehead atoms. The number of anilines is 4. The van der Waals surface area contributed by atoms with Crippen molar-refractivity contribution in [2.75, 3.05) is 54.9 Å². The summed E-state index contributed by atoms with van der Waals surface area (Å²) in [6.07, 6.45) is 5.75. The number of amides is 1. The van der Waals surface area contributed by atoms with Crippen LogP contribution in [0.4, 0.5) is 27.4 Å². The van der Waals surface area contributed by atoms with Crippen molar-refractivity contribution in [1.82, 2.24) is 24.2 Å². The van der Waals surface area contributed by atoms with Gasteiger partial charge in [0.05, 0.1) is 12.3 Å². The average Bonchev–Trinajstić information content (AvgIpc) is 3.43. The number of carbonyl (C=O) groups excluding carboxylic acids is 1. The summed E-state index contributed by atoms with van der Waals surface area (Å²) in [4.78, 5) is 32.9. The van der Waals surface area contributed by atoms with Crippen molar-refractivity contribution in [3.05, 3.63) is 81.3 Å². The van der Waals surface area contributed by atoms with Crippen LogP contribution >= 0.6 is 0 Å². The number of rotatable bonds is 6. The highest BCUT2D eigenvalue weighted by Crippen LogP contribution is 2.36. The third-order valence-corrected chi connectivity index (χ3v) is 9.29. The zero-order chi connectivity index (χ0) is 31.2. The van der Waals surface area contributed by atoms with Crippen molar-refractivity contribution in [1.29, 1.82) is 0 Å². The number of nitrogens with zero attached hydrogens (tertiary/aromatic N) is 7. The lowest BCUT2D eigenvalue weighted by atomic mass is 9.97. The lowest BCUT2D eigenvalue weighted by Gasteiger charge is -2.32. The van der Waals surface area contributed by atoms with Crippen LogP contribution in [-0.4, -0.2) is 75.0 Å². The van der Waals surface area contributed by atoms with Gasteiger partial charge in [0.25, 0.3) is 11.5 Å². The maximum Gasteiger partial charge on any atom is 0.274 e. The molecule has 1 saturated heterocycles. The number of halogens is 1. The van der Waals surface area contributed by atoms with Gasteiger partial charge in [-0.3, -0.25) is 9.59 Å². The molecule has 12 heteroatoms. The molecule has 0 saturated carbocycles. The number of piperazine rings is 1. The molecule has 7 rings (SSSR count). The Morgan fingerprint density at radius 3 is 2.49 bits per heavy atom.